The maximum absolute atomic E-state index is 9.17. The van der Waals surface area contributed by atoms with Crippen LogP contribution in [-0.4, -0.2) is 47.6 Å². The lowest BCUT2D eigenvalue weighted by Gasteiger charge is -2.34. The zero-order valence-corrected chi connectivity index (χ0v) is 13.2. The summed E-state index contributed by atoms with van der Waals surface area (Å²) in [6, 6.07) is 11.5. The van der Waals surface area contributed by atoms with Gasteiger partial charge in [-0.15, -0.1) is 0 Å². The molecule has 1 aromatic heterocycles. The number of piperazine rings is 1. The van der Waals surface area contributed by atoms with Gasteiger partial charge in [0.25, 0.3) is 0 Å². The third kappa shape index (κ3) is 3.58. The molecule has 2 heterocycles. The molecule has 23 heavy (non-hydrogen) atoms. The van der Waals surface area contributed by atoms with Gasteiger partial charge in [0, 0.05) is 32.2 Å². The van der Waals surface area contributed by atoms with Crippen molar-refractivity contribution in [3.8, 4) is 6.07 Å². The highest BCUT2D eigenvalue weighted by Gasteiger charge is 2.17. The Morgan fingerprint density at radius 3 is 2.70 bits per heavy atom. The van der Waals surface area contributed by atoms with Crippen molar-refractivity contribution >= 4 is 17.3 Å². The average molecular weight is 308 g/mol. The topological polar surface area (TPSA) is 68.1 Å². The zero-order chi connectivity index (χ0) is 16.1. The first kappa shape index (κ1) is 15.3. The average Bonchev–Trinajstić information content (AvgIpc) is 2.62. The molecular weight excluding hydrogens is 288 g/mol. The standard InChI is InChI=1S/C17H20N6/c1-2-22-7-9-23(10-8-22)17-11-16(19-13-20-17)21-15-6-4-3-5-14(15)12-18/h3-6,11,13H,2,7-10H2,1H3,(H,19,20,21). The molecule has 0 aliphatic carbocycles. The number of rotatable bonds is 4. The predicted molar refractivity (Wildman–Crippen MR) is 90.8 cm³/mol. The second-order valence-electron chi connectivity index (χ2n) is 5.47. The van der Waals surface area contributed by atoms with Crippen molar-refractivity contribution in [3.05, 3.63) is 42.2 Å². The Labute approximate surface area is 136 Å². The molecule has 0 amide bonds. The lowest BCUT2D eigenvalue weighted by Crippen LogP contribution is -2.46. The molecule has 1 aliphatic rings. The summed E-state index contributed by atoms with van der Waals surface area (Å²) in [5.41, 5.74) is 1.36. The van der Waals surface area contributed by atoms with Gasteiger partial charge in [0.1, 0.15) is 24.0 Å². The molecule has 0 radical (unpaired) electrons. The molecule has 1 saturated heterocycles. The zero-order valence-electron chi connectivity index (χ0n) is 13.2. The lowest BCUT2D eigenvalue weighted by molar-refractivity contribution is 0.270. The molecule has 2 aromatic rings. The molecule has 6 nitrogen and oxygen atoms in total. The predicted octanol–water partition coefficient (Wildman–Crippen LogP) is 2.23. The number of likely N-dealkylation sites (N-methyl/N-ethyl adjacent to an activating group) is 1. The van der Waals surface area contributed by atoms with Crippen LogP contribution in [0.25, 0.3) is 0 Å². The number of nitrogens with zero attached hydrogens (tertiary/aromatic N) is 5. The number of nitrogens with one attached hydrogen (secondary N) is 1. The van der Waals surface area contributed by atoms with Crippen molar-refractivity contribution < 1.29 is 0 Å². The van der Waals surface area contributed by atoms with Gasteiger partial charge >= 0.3 is 0 Å². The normalized spacial score (nSPS) is 15.2. The molecule has 0 unspecified atom stereocenters. The van der Waals surface area contributed by atoms with E-state index in [0.29, 0.717) is 11.4 Å². The van der Waals surface area contributed by atoms with Crippen LogP contribution >= 0.6 is 0 Å². The molecule has 6 heteroatoms. The van der Waals surface area contributed by atoms with Crippen LogP contribution in [0.3, 0.4) is 0 Å². The van der Waals surface area contributed by atoms with E-state index in [1.54, 1.807) is 12.4 Å². The van der Waals surface area contributed by atoms with Crippen LogP contribution in [0.1, 0.15) is 12.5 Å². The minimum Gasteiger partial charge on any atom is -0.354 e. The van der Waals surface area contributed by atoms with Crippen molar-refractivity contribution in [2.75, 3.05) is 42.9 Å². The van der Waals surface area contributed by atoms with Gasteiger partial charge in [-0.2, -0.15) is 5.26 Å². The van der Waals surface area contributed by atoms with Crippen LogP contribution < -0.4 is 10.2 Å². The molecule has 118 valence electrons. The Balaban J connectivity index is 1.74. The summed E-state index contributed by atoms with van der Waals surface area (Å²) in [6.07, 6.45) is 1.57. The van der Waals surface area contributed by atoms with Gasteiger partial charge in [0.2, 0.25) is 0 Å². The fourth-order valence-corrected chi connectivity index (χ4v) is 2.71. The van der Waals surface area contributed by atoms with Gasteiger partial charge in [0.05, 0.1) is 11.3 Å². The monoisotopic (exact) mass is 308 g/mol. The number of nitriles is 1. The van der Waals surface area contributed by atoms with Crippen molar-refractivity contribution in [1.82, 2.24) is 14.9 Å². The SMILES string of the molecule is CCN1CCN(c2cc(Nc3ccccc3C#N)ncn2)CC1. The fourth-order valence-electron chi connectivity index (χ4n) is 2.71. The first-order chi connectivity index (χ1) is 11.3. The Morgan fingerprint density at radius 1 is 1.17 bits per heavy atom. The summed E-state index contributed by atoms with van der Waals surface area (Å²) in [5, 5.41) is 12.4. The number of hydrogen-bond acceptors (Lipinski definition) is 6. The minimum atomic E-state index is 0.601. The highest BCUT2D eigenvalue weighted by Crippen LogP contribution is 2.21. The fraction of sp³-hybridized carbons (Fsp3) is 0.353. The van der Waals surface area contributed by atoms with E-state index in [4.69, 9.17) is 5.26 Å². The number of hydrogen-bond donors (Lipinski definition) is 1. The molecule has 0 bridgehead atoms. The Morgan fingerprint density at radius 2 is 1.96 bits per heavy atom. The highest BCUT2D eigenvalue weighted by molar-refractivity contribution is 5.65. The smallest absolute Gasteiger partial charge is 0.135 e. The van der Waals surface area contributed by atoms with Gasteiger partial charge in [-0.1, -0.05) is 19.1 Å². The maximum atomic E-state index is 9.17. The Kier molecular flexibility index (Phi) is 4.69. The van der Waals surface area contributed by atoms with Gasteiger partial charge in [-0.3, -0.25) is 0 Å². The maximum Gasteiger partial charge on any atom is 0.135 e. The molecular formula is C17H20N6. The molecule has 1 fully saturated rings. The number of anilines is 3. The first-order valence-electron chi connectivity index (χ1n) is 7.85. The van der Waals surface area contributed by atoms with E-state index < -0.39 is 0 Å². The number of benzene rings is 1. The molecule has 0 atom stereocenters. The van der Waals surface area contributed by atoms with Crippen LogP contribution in [0.15, 0.2) is 36.7 Å². The minimum absolute atomic E-state index is 0.601. The van der Waals surface area contributed by atoms with Crippen LogP contribution in [-0.2, 0) is 0 Å². The second kappa shape index (κ2) is 7.07. The Bertz CT molecular complexity index is 700. The van der Waals surface area contributed by atoms with Crippen molar-refractivity contribution in [2.24, 2.45) is 0 Å². The molecule has 1 aliphatic heterocycles. The summed E-state index contributed by atoms with van der Waals surface area (Å²) < 4.78 is 0. The van der Waals surface area contributed by atoms with Crippen LogP contribution in [0.2, 0.25) is 0 Å². The second-order valence-corrected chi connectivity index (χ2v) is 5.47. The molecule has 1 aromatic carbocycles. The van der Waals surface area contributed by atoms with Crippen LogP contribution in [0.4, 0.5) is 17.3 Å². The third-order valence-electron chi connectivity index (χ3n) is 4.11. The van der Waals surface area contributed by atoms with Gasteiger partial charge in [-0.05, 0) is 18.7 Å². The van der Waals surface area contributed by atoms with Crippen molar-refractivity contribution in [3.63, 3.8) is 0 Å². The van der Waals surface area contributed by atoms with Crippen molar-refractivity contribution in [2.45, 2.75) is 6.92 Å². The molecule has 0 spiro atoms. The van der Waals surface area contributed by atoms with Crippen LogP contribution in [0, 0.1) is 11.3 Å². The summed E-state index contributed by atoms with van der Waals surface area (Å²) >= 11 is 0. The molecule has 3 rings (SSSR count). The summed E-state index contributed by atoms with van der Waals surface area (Å²) in [7, 11) is 0. The van der Waals surface area contributed by atoms with Gasteiger partial charge < -0.3 is 15.1 Å². The van der Waals surface area contributed by atoms with Crippen molar-refractivity contribution in [1.29, 1.82) is 5.26 Å². The van der Waals surface area contributed by atoms with E-state index >= 15 is 0 Å². The summed E-state index contributed by atoms with van der Waals surface area (Å²) in [6.45, 7) is 7.34. The summed E-state index contributed by atoms with van der Waals surface area (Å²) in [4.78, 5) is 13.4. The van der Waals surface area contributed by atoms with E-state index in [0.717, 1.165) is 44.2 Å². The van der Waals surface area contributed by atoms with E-state index in [1.807, 2.05) is 24.3 Å². The van der Waals surface area contributed by atoms with E-state index in [9.17, 15) is 0 Å². The number of aromatic nitrogens is 2. The molecule has 0 saturated carbocycles. The Hall–Kier alpha value is -2.65. The first-order valence-corrected chi connectivity index (χ1v) is 7.85. The molecule has 1 N–H and O–H groups in total. The van der Waals surface area contributed by atoms with E-state index in [-0.39, 0.29) is 0 Å². The third-order valence-corrected chi connectivity index (χ3v) is 4.11. The van der Waals surface area contributed by atoms with E-state index in [1.165, 1.54) is 0 Å². The quantitative estimate of drug-likeness (QED) is 0.934. The largest absolute Gasteiger partial charge is 0.354 e. The van der Waals surface area contributed by atoms with Crippen LogP contribution in [0.5, 0.6) is 0 Å². The summed E-state index contributed by atoms with van der Waals surface area (Å²) in [5.74, 6) is 1.63. The van der Waals surface area contributed by atoms with Gasteiger partial charge in [0.15, 0.2) is 0 Å². The van der Waals surface area contributed by atoms with E-state index in [2.05, 4.69) is 38.1 Å². The number of para-hydroxylation sites is 1. The highest BCUT2D eigenvalue weighted by atomic mass is 15.3. The lowest BCUT2D eigenvalue weighted by atomic mass is 10.2. The van der Waals surface area contributed by atoms with Gasteiger partial charge in [-0.25, -0.2) is 9.97 Å².